The number of piperidine rings is 1. The summed E-state index contributed by atoms with van der Waals surface area (Å²) < 4.78 is 0. The first-order valence-corrected chi connectivity index (χ1v) is 10.7. The number of carboxylic acid groups (broad SMARTS) is 1. The molecule has 29 heavy (non-hydrogen) atoms. The van der Waals surface area contributed by atoms with Crippen molar-refractivity contribution in [3.05, 3.63) is 56.2 Å². The number of aliphatic carboxylic acids is 1. The van der Waals surface area contributed by atoms with Gasteiger partial charge < -0.3 is 9.94 Å². The maximum Gasteiger partial charge on any atom is 0.307 e. The van der Waals surface area contributed by atoms with Gasteiger partial charge in [0.1, 0.15) is 12.3 Å². The zero-order valence-electron chi connectivity index (χ0n) is 16.6. The van der Waals surface area contributed by atoms with Crippen LogP contribution in [0.15, 0.2) is 34.8 Å². The van der Waals surface area contributed by atoms with E-state index in [2.05, 4.69) is 23.0 Å². The second-order valence-electron chi connectivity index (χ2n) is 7.14. The molecule has 1 aromatic carbocycles. The highest BCUT2D eigenvalue weighted by molar-refractivity contribution is 7.12. The van der Waals surface area contributed by atoms with Gasteiger partial charge in [0.15, 0.2) is 0 Å². The van der Waals surface area contributed by atoms with Crippen molar-refractivity contribution < 1.29 is 14.7 Å². The molecule has 1 aromatic heterocycles. The highest BCUT2D eigenvalue weighted by Gasteiger charge is 2.25. The van der Waals surface area contributed by atoms with Gasteiger partial charge in [-0.15, -0.1) is 23.7 Å². The van der Waals surface area contributed by atoms with Crippen LogP contribution >= 0.6 is 35.3 Å². The van der Waals surface area contributed by atoms with Crippen molar-refractivity contribution in [1.82, 2.24) is 4.90 Å². The first-order valence-electron chi connectivity index (χ1n) is 9.42. The topological polar surface area (TPSA) is 62.1 Å². The van der Waals surface area contributed by atoms with E-state index in [1.165, 1.54) is 0 Å². The summed E-state index contributed by atoms with van der Waals surface area (Å²) in [6, 6.07) is 7.83. The SMILES string of the molecule is Cc1cc(Cl)ccc1/C(=N/OCCN1CCC[C@@H](C(=O)O)C1)c1sccc1C.Cl. The monoisotopic (exact) mass is 456 g/mol. The molecule has 1 aliphatic rings. The van der Waals surface area contributed by atoms with Gasteiger partial charge in [-0.3, -0.25) is 9.69 Å². The lowest BCUT2D eigenvalue weighted by Crippen LogP contribution is -2.40. The third kappa shape index (κ3) is 6.19. The van der Waals surface area contributed by atoms with E-state index in [9.17, 15) is 9.90 Å². The summed E-state index contributed by atoms with van der Waals surface area (Å²) in [6.07, 6.45) is 1.66. The molecule has 0 aliphatic carbocycles. The minimum Gasteiger partial charge on any atom is -0.481 e. The van der Waals surface area contributed by atoms with Gasteiger partial charge in [0, 0.05) is 23.7 Å². The molecule has 158 valence electrons. The predicted octanol–water partition coefficient (Wildman–Crippen LogP) is 5.01. The lowest BCUT2D eigenvalue weighted by Gasteiger charge is -2.29. The van der Waals surface area contributed by atoms with Gasteiger partial charge >= 0.3 is 5.97 Å². The maximum atomic E-state index is 11.2. The number of oxime groups is 1. The Balaban J connectivity index is 0.00000300. The summed E-state index contributed by atoms with van der Waals surface area (Å²) in [7, 11) is 0. The molecule has 1 atom stereocenters. The van der Waals surface area contributed by atoms with Crippen LogP contribution < -0.4 is 0 Å². The van der Waals surface area contributed by atoms with Gasteiger partial charge in [0.2, 0.25) is 0 Å². The van der Waals surface area contributed by atoms with Crippen molar-refractivity contribution in [3.8, 4) is 0 Å². The number of carbonyl (C=O) groups is 1. The van der Waals surface area contributed by atoms with E-state index in [0.717, 1.165) is 46.7 Å². The molecule has 0 unspecified atom stereocenters. The molecule has 1 aliphatic heterocycles. The van der Waals surface area contributed by atoms with E-state index >= 15 is 0 Å². The van der Waals surface area contributed by atoms with Crippen LogP contribution in [0.5, 0.6) is 0 Å². The molecule has 0 saturated carbocycles. The van der Waals surface area contributed by atoms with E-state index in [1.54, 1.807) is 11.3 Å². The average Bonchev–Trinajstić information content (AvgIpc) is 3.08. The number of rotatable bonds is 7. The molecule has 0 radical (unpaired) electrons. The fourth-order valence-corrected chi connectivity index (χ4v) is 4.61. The van der Waals surface area contributed by atoms with E-state index in [4.69, 9.17) is 16.4 Å². The third-order valence-electron chi connectivity index (χ3n) is 5.03. The van der Waals surface area contributed by atoms with Crippen LogP contribution in [0, 0.1) is 19.8 Å². The number of halogens is 2. The largest absolute Gasteiger partial charge is 0.481 e. The van der Waals surface area contributed by atoms with E-state index < -0.39 is 5.97 Å². The molecule has 0 bridgehead atoms. The van der Waals surface area contributed by atoms with Crippen LogP contribution in [0.2, 0.25) is 5.02 Å². The van der Waals surface area contributed by atoms with Crippen LogP contribution in [0.25, 0.3) is 0 Å². The molecular weight excluding hydrogens is 431 g/mol. The van der Waals surface area contributed by atoms with Crippen molar-refractivity contribution in [1.29, 1.82) is 0 Å². The molecule has 5 nitrogen and oxygen atoms in total. The van der Waals surface area contributed by atoms with E-state index in [1.807, 2.05) is 30.5 Å². The quantitative estimate of drug-likeness (QED) is 0.361. The summed E-state index contributed by atoms with van der Waals surface area (Å²) in [6.45, 7) is 6.65. The Morgan fingerprint density at radius 2 is 2.14 bits per heavy atom. The molecule has 2 heterocycles. The summed E-state index contributed by atoms with van der Waals surface area (Å²) in [4.78, 5) is 20.1. The second kappa shape index (κ2) is 11.0. The average molecular weight is 457 g/mol. The highest BCUT2D eigenvalue weighted by atomic mass is 35.5. The number of hydrogen-bond donors (Lipinski definition) is 1. The first-order chi connectivity index (χ1) is 13.5. The Kier molecular flexibility index (Phi) is 8.96. The number of likely N-dealkylation sites (tertiary alicyclic amines) is 1. The van der Waals surface area contributed by atoms with E-state index in [0.29, 0.717) is 24.7 Å². The number of hydrogen-bond acceptors (Lipinski definition) is 5. The zero-order valence-corrected chi connectivity index (χ0v) is 18.9. The number of benzene rings is 1. The Morgan fingerprint density at radius 3 is 2.79 bits per heavy atom. The smallest absolute Gasteiger partial charge is 0.307 e. The second-order valence-corrected chi connectivity index (χ2v) is 8.50. The van der Waals surface area contributed by atoms with Crippen LogP contribution in [0.4, 0.5) is 0 Å². The lowest BCUT2D eigenvalue weighted by atomic mass is 9.98. The number of thiophene rings is 1. The maximum absolute atomic E-state index is 11.2. The molecule has 8 heteroatoms. The predicted molar refractivity (Wildman–Crippen MR) is 121 cm³/mol. The summed E-state index contributed by atoms with van der Waals surface area (Å²) in [5, 5.41) is 16.4. The lowest BCUT2D eigenvalue weighted by molar-refractivity contribution is -0.143. The fraction of sp³-hybridized carbons (Fsp3) is 0.429. The Hall–Kier alpha value is -1.60. The van der Waals surface area contributed by atoms with Gasteiger partial charge in [-0.2, -0.15) is 0 Å². The molecule has 2 aromatic rings. The number of aryl methyl sites for hydroxylation is 2. The minimum absolute atomic E-state index is 0. The van der Waals surface area contributed by atoms with Crippen molar-refractivity contribution in [3.63, 3.8) is 0 Å². The Morgan fingerprint density at radius 1 is 1.34 bits per heavy atom. The van der Waals surface area contributed by atoms with Crippen LogP contribution in [0.3, 0.4) is 0 Å². The van der Waals surface area contributed by atoms with Gasteiger partial charge in [-0.25, -0.2) is 0 Å². The summed E-state index contributed by atoms with van der Waals surface area (Å²) in [5.41, 5.74) is 4.01. The third-order valence-corrected chi connectivity index (χ3v) is 6.29. The molecule has 1 saturated heterocycles. The molecule has 0 spiro atoms. The first kappa shape index (κ1) is 23.7. The number of carboxylic acids is 1. The summed E-state index contributed by atoms with van der Waals surface area (Å²) >= 11 is 7.74. The van der Waals surface area contributed by atoms with Crippen molar-refractivity contribution >= 4 is 47.0 Å². The normalized spacial score (nSPS) is 17.6. The molecular formula is C21H26Cl2N2O3S. The van der Waals surface area contributed by atoms with Crippen molar-refractivity contribution in [2.24, 2.45) is 11.1 Å². The molecule has 0 amide bonds. The Labute approximate surface area is 186 Å². The van der Waals surface area contributed by atoms with Crippen molar-refractivity contribution in [2.45, 2.75) is 26.7 Å². The fourth-order valence-electron chi connectivity index (χ4n) is 3.46. The summed E-state index contributed by atoms with van der Waals surface area (Å²) in [5.74, 6) is -0.990. The van der Waals surface area contributed by atoms with Gasteiger partial charge in [-0.1, -0.05) is 22.8 Å². The van der Waals surface area contributed by atoms with Gasteiger partial charge in [0.25, 0.3) is 0 Å². The van der Waals surface area contributed by atoms with Crippen molar-refractivity contribution in [2.75, 3.05) is 26.2 Å². The minimum atomic E-state index is -0.711. The standard InChI is InChI=1S/C21H25ClN2O3S.ClH/c1-14-7-11-28-20(14)19(18-6-5-17(22)12-15(18)2)23-27-10-9-24-8-3-4-16(13-24)21(25)26;/h5-7,11-12,16H,3-4,8-10,13H2,1-2H3,(H,25,26);1H/b23-19-;/t16-;/m1./s1. The highest BCUT2D eigenvalue weighted by Crippen LogP contribution is 2.25. The van der Waals surface area contributed by atoms with E-state index in [-0.39, 0.29) is 18.3 Å². The Bertz CT molecular complexity index is 869. The van der Waals surface area contributed by atoms with Crippen LogP contribution in [-0.4, -0.2) is 47.9 Å². The molecule has 1 N–H and O–H groups in total. The molecule has 1 fully saturated rings. The zero-order chi connectivity index (χ0) is 20.1. The number of nitrogens with zero attached hydrogens (tertiary/aromatic N) is 2. The van der Waals surface area contributed by atoms with Gasteiger partial charge in [0.05, 0.1) is 10.8 Å². The van der Waals surface area contributed by atoms with Crippen LogP contribution in [0.1, 0.15) is 34.4 Å². The van der Waals surface area contributed by atoms with Crippen LogP contribution in [-0.2, 0) is 9.63 Å². The molecule has 3 rings (SSSR count). The van der Waals surface area contributed by atoms with Gasteiger partial charge in [-0.05, 0) is 67.9 Å².